The number of hydrogen-bond acceptors (Lipinski definition) is 5. The number of aromatic nitrogens is 2. The van der Waals surface area contributed by atoms with Crippen LogP contribution in [0, 0.1) is 5.82 Å². The molecule has 11 heteroatoms. The molecule has 2 aliphatic rings. The predicted molar refractivity (Wildman–Crippen MR) is 94.4 cm³/mol. The topological polar surface area (TPSA) is 84.3 Å². The molecular weight excluding hydrogens is 397 g/mol. The third-order valence-electron chi connectivity index (χ3n) is 5.00. The first-order valence-electron chi connectivity index (χ1n) is 8.30. The van der Waals surface area contributed by atoms with Gasteiger partial charge < -0.3 is 4.90 Å². The summed E-state index contributed by atoms with van der Waals surface area (Å²) in [6.45, 7) is 2.55. The van der Waals surface area contributed by atoms with Crippen molar-refractivity contribution in [1.29, 1.82) is 0 Å². The Kier molecular flexibility index (Phi) is 3.86. The molecule has 7 nitrogen and oxygen atoms in total. The first-order chi connectivity index (χ1) is 13.1. The smallest absolute Gasteiger partial charge is 0.287 e. The molecule has 1 amide bonds. The number of carbonyl (C=O) groups is 1. The Balaban J connectivity index is 1.76. The lowest BCUT2D eigenvalue weighted by Gasteiger charge is -2.49. The van der Waals surface area contributed by atoms with Gasteiger partial charge in [-0.2, -0.15) is 5.10 Å². The number of sulfonamides is 1. The zero-order chi connectivity index (χ0) is 20.3. The Morgan fingerprint density at radius 2 is 1.89 bits per heavy atom. The lowest BCUT2D eigenvalue weighted by atomic mass is 9.95. The van der Waals surface area contributed by atoms with E-state index in [0.29, 0.717) is 23.9 Å². The van der Waals surface area contributed by atoms with E-state index in [1.807, 2.05) is 0 Å². The van der Waals surface area contributed by atoms with Crippen LogP contribution in [0.25, 0.3) is 5.69 Å². The molecule has 1 saturated carbocycles. The summed E-state index contributed by atoms with van der Waals surface area (Å²) in [6, 6.07) is 6.34. The Morgan fingerprint density at radius 1 is 1.25 bits per heavy atom. The molecule has 0 unspecified atom stereocenters. The van der Waals surface area contributed by atoms with Gasteiger partial charge >= 0.3 is 0 Å². The van der Waals surface area contributed by atoms with E-state index in [-0.39, 0.29) is 11.5 Å². The molecule has 4 rings (SSSR count). The fourth-order valence-corrected chi connectivity index (χ4v) is 3.77. The second kappa shape index (κ2) is 5.84. The monoisotopic (exact) mass is 412 g/mol. The highest BCUT2D eigenvalue weighted by Gasteiger charge is 2.74. The Morgan fingerprint density at radius 3 is 2.43 bits per heavy atom. The molecule has 28 heavy (non-hydrogen) atoms. The molecule has 2 heterocycles. The summed E-state index contributed by atoms with van der Waals surface area (Å²) in [5.74, 6) is -4.18. The van der Waals surface area contributed by atoms with Crippen LogP contribution in [0.5, 0.6) is 0 Å². The van der Waals surface area contributed by atoms with Gasteiger partial charge in [0.15, 0.2) is 5.69 Å². The van der Waals surface area contributed by atoms with Gasteiger partial charge in [-0.1, -0.05) is 6.58 Å². The summed E-state index contributed by atoms with van der Waals surface area (Å²) < 4.78 is 67.4. The number of alkyl halides is 2. The van der Waals surface area contributed by atoms with Gasteiger partial charge in [-0.25, -0.2) is 31.0 Å². The van der Waals surface area contributed by atoms with Crippen LogP contribution >= 0.6 is 0 Å². The molecule has 1 aromatic carbocycles. The van der Waals surface area contributed by atoms with Gasteiger partial charge in [0.25, 0.3) is 21.9 Å². The van der Waals surface area contributed by atoms with E-state index in [1.165, 1.54) is 39.9 Å². The summed E-state index contributed by atoms with van der Waals surface area (Å²) in [7, 11) is -4.05. The minimum Gasteiger partial charge on any atom is -0.339 e. The van der Waals surface area contributed by atoms with Crippen LogP contribution in [0.1, 0.15) is 23.3 Å². The van der Waals surface area contributed by atoms with E-state index in [9.17, 15) is 26.4 Å². The molecule has 0 radical (unpaired) electrons. The van der Waals surface area contributed by atoms with Gasteiger partial charge in [0.1, 0.15) is 17.2 Å². The van der Waals surface area contributed by atoms with Gasteiger partial charge in [-0.05, 0) is 37.1 Å². The second-order valence-electron chi connectivity index (χ2n) is 6.74. The first-order valence-corrected chi connectivity index (χ1v) is 9.84. The lowest BCUT2D eigenvalue weighted by Crippen LogP contribution is -2.68. The van der Waals surface area contributed by atoms with Gasteiger partial charge in [-0.3, -0.25) is 4.79 Å². The molecule has 0 bridgehead atoms. The van der Waals surface area contributed by atoms with Gasteiger partial charge in [0, 0.05) is 11.5 Å². The minimum absolute atomic E-state index is 0.205. The third kappa shape index (κ3) is 2.77. The SMILES string of the molecule is C=CS(=O)(=O)NC(=O)c1cc(N2CC(F)(F)C23CC3)n(-c2ccc(F)cc2)n1. The number of benzene rings is 1. The Hall–Kier alpha value is -2.82. The molecule has 2 fully saturated rings. The minimum atomic E-state index is -4.05. The van der Waals surface area contributed by atoms with Gasteiger partial charge in [0.2, 0.25) is 0 Å². The van der Waals surface area contributed by atoms with Crippen molar-refractivity contribution >= 4 is 21.7 Å². The van der Waals surface area contributed by atoms with Crippen LogP contribution in [-0.2, 0) is 10.0 Å². The van der Waals surface area contributed by atoms with E-state index in [4.69, 9.17) is 0 Å². The van der Waals surface area contributed by atoms with Crippen LogP contribution in [0.4, 0.5) is 19.0 Å². The van der Waals surface area contributed by atoms with Crippen LogP contribution in [0.3, 0.4) is 0 Å². The van der Waals surface area contributed by atoms with Gasteiger partial charge in [-0.15, -0.1) is 0 Å². The summed E-state index contributed by atoms with van der Waals surface area (Å²) in [5, 5.41) is 4.64. The Labute approximate surface area is 158 Å². The van der Waals surface area contributed by atoms with Crippen LogP contribution in [-0.4, -0.2) is 42.1 Å². The maximum absolute atomic E-state index is 14.0. The number of hydrogen-bond donors (Lipinski definition) is 1. The van der Waals surface area contributed by atoms with Crippen molar-refractivity contribution in [3.63, 3.8) is 0 Å². The van der Waals surface area contributed by atoms with Crippen LogP contribution in [0.15, 0.2) is 42.3 Å². The number of carbonyl (C=O) groups excluding carboxylic acids is 1. The highest BCUT2D eigenvalue weighted by molar-refractivity contribution is 7.92. The molecular formula is C17H15F3N4O3S. The molecule has 0 atom stereocenters. The lowest BCUT2D eigenvalue weighted by molar-refractivity contribution is -0.0839. The average molecular weight is 412 g/mol. The molecule has 1 spiro atoms. The van der Waals surface area contributed by atoms with E-state index >= 15 is 0 Å². The summed E-state index contributed by atoms with van der Waals surface area (Å²) in [6.07, 6.45) is 0.585. The maximum atomic E-state index is 14.0. The predicted octanol–water partition coefficient (Wildman–Crippen LogP) is 2.20. The van der Waals surface area contributed by atoms with Gasteiger partial charge in [0.05, 0.1) is 12.2 Å². The summed E-state index contributed by atoms with van der Waals surface area (Å²) in [4.78, 5) is 13.7. The second-order valence-corrected chi connectivity index (χ2v) is 8.37. The number of halogens is 3. The average Bonchev–Trinajstić information content (AvgIpc) is 3.37. The van der Waals surface area contributed by atoms with Crippen LogP contribution < -0.4 is 9.62 Å². The van der Waals surface area contributed by atoms with Crippen LogP contribution in [0.2, 0.25) is 0 Å². The number of amides is 1. The van der Waals surface area contributed by atoms with E-state index in [0.717, 1.165) is 0 Å². The zero-order valence-electron chi connectivity index (χ0n) is 14.4. The fraction of sp³-hybridized carbons (Fsp3) is 0.294. The normalized spacial score (nSPS) is 19.2. The van der Waals surface area contributed by atoms with Crippen molar-refractivity contribution in [2.24, 2.45) is 0 Å². The maximum Gasteiger partial charge on any atom is 0.287 e. The van der Waals surface area contributed by atoms with Crippen molar-refractivity contribution < 1.29 is 26.4 Å². The number of nitrogens with one attached hydrogen (secondary N) is 1. The van der Waals surface area contributed by atoms with Crippen molar-refractivity contribution in [3.8, 4) is 5.69 Å². The van der Waals surface area contributed by atoms with E-state index in [2.05, 4.69) is 11.7 Å². The summed E-state index contributed by atoms with van der Waals surface area (Å²) >= 11 is 0. The number of nitrogens with zero attached hydrogens (tertiary/aromatic N) is 3. The number of rotatable bonds is 5. The molecule has 148 valence electrons. The molecule has 1 aliphatic heterocycles. The van der Waals surface area contributed by atoms with Crippen molar-refractivity contribution in [3.05, 3.63) is 53.8 Å². The highest BCUT2D eigenvalue weighted by Crippen LogP contribution is 2.61. The molecule has 1 aliphatic carbocycles. The molecule has 1 N–H and O–H groups in total. The van der Waals surface area contributed by atoms with E-state index in [1.54, 1.807) is 4.72 Å². The molecule has 2 aromatic rings. The number of anilines is 1. The van der Waals surface area contributed by atoms with Crippen molar-refractivity contribution in [2.45, 2.75) is 24.3 Å². The fourth-order valence-electron chi connectivity index (χ4n) is 3.33. The molecule has 1 aromatic heterocycles. The molecule has 1 saturated heterocycles. The first kappa shape index (κ1) is 18.5. The van der Waals surface area contributed by atoms with Crippen molar-refractivity contribution in [1.82, 2.24) is 14.5 Å². The quantitative estimate of drug-likeness (QED) is 0.814. The van der Waals surface area contributed by atoms with Crippen molar-refractivity contribution in [2.75, 3.05) is 11.4 Å². The Bertz CT molecular complexity index is 1080. The third-order valence-corrected chi connectivity index (χ3v) is 5.91. The zero-order valence-corrected chi connectivity index (χ0v) is 15.2. The standard InChI is InChI=1S/C17H15F3N4O3S/c1-2-28(26,27)22-15(25)13-9-14(23-10-17(19,20)16(23)7-8-16)24(21-13)12-5-3-11(18)4-6-12/h2-6,9H,1,7-8,10H2,(H,22,25). The summed E-state index contributed by atoms with van der Waals surface area (Å²) in [5.41, 5.74) is -1.25. The highest BCUT2D eigenvalue weighted by atomic mass is 32.2. The van der Waals surface area contributed by atoms with E-state index < -0.39 is 39.8 Å². The largest absolute Gasteiger partial charge is 0.339 e.